The van der Waals surface area contributed by atoms with E-state index in [1.165, 1.54) is 20.3 Å². The molecule has 11 heteroatoms. The molecule has 2 atom stereocenters. The molecule has 0 aliphatic carbocycles. The second kappa shape index (κ2) is 10.4. The zero-order valence-electron chi connectivity index (χ0n) is 23.2. The number of aliphatic hydroxyl groups is 1. The van der Waals surface area contributed by atoms with Crippen molar-refractivity contribution in [2.24, 2.45) is 5.92 Å². The van der Waals surface area contributed by atoms with Gasteiger partial charge in [0.1, 0.15) is 23.0 Å². The number of carbonyl (C=O) groups excluding carboxylic acids is 1. The smallest absolute Gasteiger partial charge is 0.410 e. The summed E-state index contributed by atoms with van der Waals surface area (Å²) in [6.45, 7) is 9.25. The van der Waals surface area contributed by atoms with Crippen molar-refractivity contribution in [3.63, 3.8) is 0 Å². The predicted octanol–water partition coefficient (Wildman–Crippen LogP) is 4.58. The van der Waals surface area contributed by atoms with Crippen molar-refractivity contribution in [2.75, 3.05) is 32.6 Å². The summed E-state index contributed by atoms with van der Waals surface area (Å²) >= 11 is 0. The maximum atomic E-state index is 14.1. The van der Waals surface area contributed by atoms with Crippen LogP contribution in [-0.4, -0.2) is 75.7 Å². The number of hydrogen-bond acceptors (Lipinski definition) is 9. The van der Waals surface area contributed by atoms with Crippen LogP contribution in [0.1, 0.15) is 34.6 Å². The number of aromatic nitrogens is 2. The Labute approximate surface area is 226 Å². The first-order chi connectivity index (χ1) is 18.2. The molecule has 0 saturated carbocycles. The predicted molar refractivity (Wildman–Crippen MR) is 145 cm³/mol. The Morgan fingerprint density at radius 2 is 1.72 bits per heavy atom. The van der Waals surface area contributed by atoms with Crippen LogP contribution in [0.2, 0.25) is 0 Å². The molecule has 1 amide bonds. The van der Waals surface area contributed by atoms with Crippen LogP contribution in [0.4, 0.5) is 15.0 Å². The third-order valence-corrected chi connectivity index (χ3v) is 6.60. The van der Waals surface area contributed by atoms with Gasteiger partial charge < -0.3 is 34.6 Å². The Balaban J connectivity index is 1.82. The van der Waals surface area contributed by atoms with E-state index in [0.29, 0.717) is 28.2 Å². The number of nitrogens with zero attached hydrogens (tertiary/aromatic N) is 3. The van der Waals surface area contributed by atoms with Gasteiger partial charge in [-0.05, 0) is 58.9 Å². The lowest BCUT2D eigenvalue weighted by Crippen LogP contribution is -2.42. The number of anilines is 1. The Bertz CT molecular complexity index is 1390. The number of methoxy groups -OCH3 is 2. The van der Waals surface area contributed by atoms with Gasteiger partial charge in [-0.1, -0.05) is 0 Å². The van der Waals surface area contributed by atoms with Gasteiger partial charge in [0.2, 0.25) is 0 Å². The first-order valence-electron chi connectivity index (χ1n) is 12.6. The highest BCUT2D eigenvalue weighted by atomic mass is 19.1. The molecule has 2 aromatic carbocycles. The fourth-order valence-corrected chi connectivity index (χ4v) is 4.69. The minimum absolute atomic E-state index is 0.0797. The summed E-state index contributed by atoms with van der Waals surface area (Å²) in [5.41, 5.74) is -1.27. The van der Waals surface area contributed by atoms with Crippen LogP contribution in [0.5, 0.6) is 17.2 Å². The quantitative estimate of drug-likeness (QED) is 0.410. The molecule has 10 nitrogen and oxygen atoms in total. The largest absolute Gasteiger partial charge is 0.507 e. The SMILES string of the molecule is COc1cc2nc(-c3cc(F)ccc3O)nc(N[C@@H]3CN(C(=O)OC(C)(C)C)C[C@H]3C(C)(C)O)c2cc1OC. The second-order valence-corrected chi connectivity index (χ2v) is 11.2. The number of nitrogens with one attached hydrogen (secondary N) is 1. The van der Waals surface area contributed by atoms with E-state index in [4.69, 9.17) is 14.2 Å². The molecule has 3 N–H and O–H groups in total. The first-order valence-corrected chi connectivity index (χ1v) is 12.6. The van der Waals surface area contributed by atoms with E-state index in [2.05, 4.69) is 15.3 Å². The molecule has 2 heterocycles. The van der Waals surface area contributed by atoms with Crippen molar-refractivity contribution >= 4 is 22.8 Å². The molecule has 1 saturated heterocycles. The van der Waals surface area contributed by atoms with Crippen molar-refractivity contribution in [2.45, 2.75) is 51.9 Å². The number of hydrogen-bond donors (Lipinski definition) is 3. The molecule has 0 unspecified atom stereocenters. The summed E-state index contributed by atoms with van der Waals surface area (Å²) in [6, 6.07) is 6.48. The molecule has 3 aromatic rings. The second-order valence-electron chi connectivity index (χ2n) is 11.2. The average molecular weight is 543 g/mol. The van der Waals surface area contributed by atoms with E-state index in [-0.39, 0.29) is 36.1 Å². The number of fused-ring (bicyclic) bond motifs is 1. The van der Waals surface area contributed by atoms with Crippen LogP contribution in [0, 0.1) is 11.7 Å². The number of benzene rings is 2. The van der Waals surface area contributed by atoms with Crippen LogP contribution >= 0.6 is 0 Å². The minimum Gasteiger partial charge on any atom is -0.507 e. The third-order valence-electron chi connectivity index (χ3n) is 6.60. The molecule has 210 valence electrons. The third kappa shape index (κ3) is 6.08. The van der Waals surface area contributed by atoms with Crippen molar-refractivity contribution in [3.05, 3.63) is 36.1 Å². The number of rotatable bonds is 6. The van der Waals surface area contributed by atoms with E-state index < -0.39 is 29.2 Å². The lowest BCUT2D eigenvalue weighted by atomic mass is 9.87. The summed E-state index contributed by atoms with van der Waals surface area (Å²) in [5, 5.41) is 25.4. The van der Waals surface area contributed by atoms with Gasteiger partial charge in [0.25, 0.3) is 0 Å². The molecule has 1 aromatic heterocycles. The number of carbonyl (C=O) groups is 1. The van der Waals surface area contributed by atoms with Gasteiger partial charge in [0.15, 0.2) is 17.3 Å². The zero-order valence-corrected chi connectivity index (χ0v) is 23.2. The zero-order chi connectivity index (χ0) is 28.7. The van der Waals surface area contributed by atoms with E-state index in [0.717, 1.165) is 12.1 Å². The molecular weight excluding hydrogens is 507 g/mol. The fourth-order valence-electron chi connectivity index (χ4n) is 4.69. The average Bonchev–Trinajstić information content (AvgIpc) is 3.28. The van der Waals surface area contributed by atoms with E-state index in [1.54, 1.807) is 51.7 Å². The number of amides is 1. The Hall–Kier alpha value is -3.86. The normalized spacial score (nSPS) is 17.8. The Kier molecular flexibility index (Phi) is 7.48. The molecule has 1 fully saturated rings. The minimum atomic E-state index is -1.15. The molecule has 0 spiro atoms. The molecular formula is C28H35FN4O6. The standard InChI is InChI=1S/C28H35FN4O6/c1-27(2,3)39-26(35)33-13-18(28(4,5)36)20(14-33)31-24-16-11-22(37-6)23(38-7)12-19(16)30-25(32-24)17-10-15(29)8-9-21(17)34/h8-12,18,20,34,36H,13-14H2,1-7H3,(H,30,31,32)/t18-,20-/m1/s1. The fraction of sp³-hybridized carbons (Fsp3) is 0.464. The monoisotopic (exact) mass is 542 g/mol. The maximum absolute atomic E-state index is 14.1. The lowest BCUT2D eigenvalue weighted by Gasteiger charge is -2.30. The van der Waals surface area contributed by atoms with E-state index in [9.17, 15) is 19.4 Å². The van der Waals surface area contributed by atoms with Crippen molar-refractivity contribution in [1.82, 2.24) is 14.9 Å². The van der Waals surface area contributed by atoms with Gasteiger partial charge in [-0.3, -0.25) is 0 Å². The lowest BCUT2D eigenvalue weighted by molar-refractivity contribution is 0.01000. The van der Waals surface area contributed by atoms with Gasteiger partial charge in [0, 0.05) is 30.5 Å². The summed E-state index contributed by atoms with van der Waals surface area (Å²) < 4.78 is 30.6. The highest BCUT2D eigenvalue weighted by Crippen LogP contribution is 2.38. The number of phenolic OH excluding ortho intramolecular Hbond substituents is 1. The topological polar surface area (TPSA) is 126 Å². The highest BCUT2D eigenvalue weighted by molar-refractivity contribution is 5.93. The molecule has 39 heavy (non-hydrogen) atoms. The number of phenols is 1. The van der Waals surface area contributed by atoms with Crippen LogP contribution in [0.3, 0.4) is 0 Å². The molecule has 0 radical (unpaired) electrons. The van der Waals surface area contributed by atoms with Crippen LogP contribution in [0.15, 0.2) is 30.3 Å². The van der Waals surface area contributed by atoms with Crippen LogP contribution < -0.4 is 14.8 Å². The van der Waals surface area contributed by atoms with Gasteiger partial charge >= 0.3 is 6.09 Å². The van der Waals surface area contributed by atoms with Crippen LogP contribution in [-0.2, 0) is 4.74 Å². The number of aromatic hydroxyl groups is 1. The molecule has 1 aliphatic heterocycles. The van der Waals surface area contributed by atoms with Crippen molar-refractivity contribution < 1.29 is 33.6 Å². The highest BCUT2D eigenvalue weighted by Gasteiger charge is 2.44. The van der Waals surface area contributed by atoms with Gasteiger partial charge in [-0.2, -0.15) is 0 Å². The number of halogens is 1. The maximum Gasteiger partial charge on any atom is 0.410 e. The summed E-state index contributed by atoms with van der Waals surface area (Å²) in [7, 11) is 3.01. The van der Waals surface area contributed by atoms with Crippen molar-refractivity contribution in [1.29, 1.82) is 0 Å². The number of likely N-dealkylation sites (tertiary alicyclic amines) is 1. The summed E-state index contributed by atoms with van der Waals surface area (Å²) in [6.07, 6.45) is -0.481. The molecule has 4 rings (SSSR count). The van der Waals surface area contributed by atoms with Gasteiger partial charge in [-0.15, -0.1) is 0 Å². The Morgan fingerprint density at radius 3 is 2.33 bits per heavy atom. The summed E-state index contributed by atoms with van der Waals surface area (Å²) in [5.74, 6) is 0.170. The van der Waals surface area contributed by atoms with Crippen LogP contribution in [0.25, 0.3) is 22.3 Å². The van der Waals surface area contributed by atoms with E-state index in [1.807, 2.05) is 0 Å². The number of ether oxygens (including phenoxy) is 3. The van der Waals surface area contributed by atoms with Gasteiger partial charge in [-0.25, -0.2) is 19.2 Å². The molecule has 1 aliphatic rings. The van der Waals surface area contributed by atoms with E-state index >= 15 is 0 Å². The molecule has 0 bridgehead atoms. The summed E-state index contributed by atoms with van der Waals surface area (Å²) in [4.78, 5) is 23.7. The Morgan fingerprint density at radius 1 is 1.05 bits per heavy atom. The van der Waals surface area contributed by atoms with Gasteiger partial charge in [0.05, 0.1) is 36.9 Å². The van der Waals surface area contributed by atoms with Crippen molar-refractivity contribution in [3.8, 4) is 28.6 Å². The first kappa shape index (κ1) is 28.2.